The molecule has 4 amide bonds. The van der Waals surface area contributed by atoms with Crippen molar-refractivity contribution >= 4 is 46.8 Å². The van der Waals surface area contributed by atoms with E-state index in [0.717, 1.165) is 0 Å². The molecule has 0 aliphatic rings. The molecule has 3 aromatic rings. The van der Waals surface area contributed by atoms with E-state index in [1.165, 1.54) is 24.3 Å². The predicted molar refractivity (Wildman–Crippen MR) is 138 cm³/mol. The van der Waals surface area contributed by atoms with Gasteiger partial charge in [0.05, 0.1) is 24.6 Å². The highest BCUT2D eigenvalue weighted by atomic mass is 16.5. The van der Waals surface area contributed by atoms with E-state index in [1.54, 1.807) is 62.4 Å². The Bertz CT molecular complexity index is 1270. The molecule has 0 spiro atoms. The third kappa shape index (κ3) is 8.45. The lowest BCUT2D eigenvalue weighted by Crippen LogP contribution is -2.14. The molecule has 0 saturated heterocycles. The van der Waals surface area contributed by atoms with Gasteiger partial charge in [-0.2, -0.15) is 0 Å². The summed E-state index contributed by atoms with van der Waals surface area (Å²) in [5.74, 6) is -0.813. The molecule has 0 atom stereocenters. The summed E-state index contributed by atoms with van der Waals surface area (Å²) in [5, 5.41) is 19.9. The number of amides is 4. The molecule has 0 saturated carbocycles. The lowest BCUT2D eigenvalue weighted by atomic mass is 10.1. The molecule has 0 fully saturated rings. The van der Waals surface area contributed by atoms with E-state index in [2.05, 4.69) is 40.6 Å². The number of anilines is 2. The second kappa shape index (κ2) is 13.7. The number of rotatable bonds is 8. The van der Waals surface area contributed by atoms with Crippen LogP contribution < -0.4 is 10.6 Å². The highest BCUT2D eigenvalue weighted by Crippen LogP contribution is 2.21. The average Bonchev–Trinajstić information content (AvgIpc) is 2.91. The minimum Gasteiger partial charge on any atom is -0.447 e. The fourth-order valence-corrected chi connectivity index (χ4v) is 2.97. The van der Waals surface area contributed by atoms with Gasteiger partial charge in [-0.05, 0) is 74.5 Å². The third-order valence-electron chi connectivity index (χ3n) is 4.65. The van der Waals surface area contributed by atoms with Crippen LogP contribution in [-0.2, 0) is 9.47 Å². The largest absolute Gasteiger partial charge is 0.452 e. The molecule has 2 N–H and O–H groups in total. The van der Waals surface area contributed by atoms with Gasteiger partial charge in [-0.15, -0.1) is 10.2 Å². The monoisotopic (exact) mass is 516 g/mol. The summed E-state index contributed by atoms with van der Waals surface area (Å²) in [6.45, 7) is 3.69. The smallest absolute Gasteiger partial charge is 0.447 e. The Kier molecular flexibility index (Phi) is 9.87. The normalized spacial score (nSPS) is 10.8. The van der Waals surface area contributed by atoms with E-state index in [4.69, 9.17) is 0 Å². The van der Waals surface area contributed by atoms with Crippen LogP contribution in [0.2, 0.25) is 0 Å². The number of carbonyl (C=O) groups excluding carboxylic acids is 4. The van der Waals surface area contributed by atoms with Gasteiger partial charge in [0.2, 0.25) is 0 Å². The van der Waals surface area contributed by atoms with Crippen LogP contribution in [0.15, 0.2) is 93.3 Å². The minimum absolute atomic E-state index is 0.187. The van der Waals surface area contributed by atoms with Crippen LogP contribution in [0.5, 0.6) is 0 Å². The molecule has 12 heteroatoms. The Balaban J connectivity index is 1.60. The molecule has 38 heavy (non-hydrogen) atoms. The van der Waals surface area contributed by atoms with Crippen molar-refractivity contribution in [3.63, 3.8) is 0 Å². The molecule has 0 aliphatic heterocycles. The van der Waals surface area contributed by atoms with Gasteiger partial charge in [0.15, 0.2) is 0 Å². The topological polar surface area (TPSA) is 160 Å². The summed E-state index contributed by atoms with van der Waals surface area (Å²) >= 11 is 0. The average molecular weight is 517 g/mol. The molecule has 0 radical (unpaired) electrons. The van der Waals surface area contributed by atoms with E-state index in [-0.39, 0.29) is 13.2 Å². The molecule has 0 aromatic heterocycles. The van der Waals surface area contributed by atoms with Gasteiger partial charge in [0.25, 0.3) is 11.8 Å². The molecule has 0 bridgehead atoms. The van der Waals surface area contributed by atoms with E-state index in [0.29, 0.717) is 33.9 Å². The zero-order valence-electron chi connectivity index (χ0n) is 20.6. The SMILES string of the molecule is CCOC(=O)N=Nc1cccc(NC(=O)c2ccc(C(=O)Nc3cccc(N=NC(=O)OCC)c3)cc2)c1. The van der Waals surface area contributed by atoms with Crippen LogP contribution in [0.1, 0.15) is 34.6 Å². The summed E-state index contributed by atoms with van der Waals surface area (Å²) in [4.78, 5) is 47.9. The van der Waals surface area contributed by atoms with Crippen molar-refractivity contribution in [2.24, 2.45) is 20.5 Å². The van der Waals surface area contributed by atoms with Crippen LogP contribution in [0.25, 0.3) is 0 Å². The number of nitrogens with zero attached hydrogens (tertiary/aromatic N) is 4. The van der Waals surface area contributed by atoms with Crippen molar-refractivity contribution in [2.45, 2.75) is 13.8 Å². The number of hydrogen-bond acceptors (Lipinski definition) is 8. The molecular weight excluding hydrogens is 492 g/mol. The lowest BCUT2D eigenvalue weighted by molar-refractivity contribution is 0.101. The molecule has 0 unspecified atom stereocenters. The van der Waals surface area contributed by atoms with Crippen molar-refractivity contribution in [1.82, 2.24) is 0 Å². The number of hydrogen-bond donors (Lipinski definition) is 2. The maximum atomic E-state index is 12.6. The van der Waals surface area contributed by atoms with E-state index < -0.39 is 24.0 Å². The van der Waals surface area contributed by atoms with Crippen molar-refractivity contribution in [3.8, 4) is 0 Å². The van der Waals surface area contributed by atoms with Gasteiger partial charge < -0.3 is 20.1 Å². The number of benzene rings is 3. The van der Waals surface area contributed by atoms with Crippen LogP contribution in [0.4, 0.5) is 32.3 Å². The molecule has 3 aromatic carbocycles. The molecule has 0 heterocycles. The summed E-state index contributed by atoms with van der Waals surface area (Å²) in [6, 6.07) is 19.0. The minimum atomic E-state index is -0.807. The Morgan fingerprint density at radius 1 is 0.632 bits per heavy atom. The number of ether oxygens (including phenoxy) is 2. The van der Waals surface area contributed by atoms with Crippen LogP contribution >= 0.6 is 0 Å². The van der Waals surface area contributed by atoms with E-state index in [1.807, 2.05) is 0 Å². The number of carbonyl (C=O) groups is 4. The van der Waals surface area contributed by atoms with Crippen LogP contribution in [0, 0.1) is 0 Å². The first kappa shape index (κ1) is 27.3. The van der Waals surface area contributed by atoms with Crippen LogP contribution in [-0.4, -0.2) is 37.2 Å². The summed E-state index contributed by atoms with van der Waals surface area (Å²) < 4.78 is 9.37. The second-order valence-electron chi connectivity index (χ2n) is 7.38. The Morgan fingerprint density at radius 3 is 1.39 bits per heavy atom. The zero-order chi connectivity index (χ0) is 27.3. The fourth-order valence-electron chi connectivity index (χ4n) is 2.97. The van der Waals surface area contributed by atoms with Crippen molar-refractivity contribution in [3.05, 3.63) is 83.9 Å². The van der Waals surface area contributed by atoms with Gasteiger partial charge in [-0.1, -0.05) is 22.4 Å². The summed E-state index contributed by atoms with van der Waals surface area (Å²) in [7, 11) is 0. The van der Waals surface area contributed by atoms with Gasteiger partial charge in [0.1, 0.15) is 0 Å². The Hall–Kier alpha value is -5.26. The van der Waals surface area contributed by atoms with E-state index in [9.17, 15) is 19.2 Å². The molecule has 194 valence electrons. The maximum Gasteiger partial charge on any atom is 0.452 e. The van der Waals surface area contributed by atoms with Crippen molar-refractivity contribution < 1.29 is 28.7 Å². The molecule has 12 nitrogen and oxygen atoms in total. The predicted octanol–water partition coefficient (Wildman–Crippen LogP) is 6.67. The number of azo groups is 2. The summed E-state index contributed by atoms with van der Waals surface area (Å²) in [6.07, 6.45) is -1.61. The lowest BCUT2D eigenvalue weighted by Gasteiger charge is -2.08. The van der Waals surface area contributed by atoms with E-state index >= 15 is 0 Å². The van der Waals surface area contributed by atoms with Gasteiger partial charge >= 0.3 is 12.2 Å². The molecular formula is C26H24N6O6. The third-order valence-corrected chi connectivity index (χ3v) is 4.65. The van der Waals surface area contributed by atoms with Gasteiger partial charge in [0, 0.05) is 22.5 Å². The first-order valence-corrected chi connectivity index (χ1v) is 11.5. The molecule has 0 aliphatic carbocycles. The van der Waals surface area contributed by atoms with Crippen LogP contribution in [0.3, 0.4) is 0 Å². The van der Waals surface area contributed by atoms with Gasteiger partial charge in [-0.3, -0.25) is 9.59 Å². The maximum absolute atomic E-state index is 12.6. The first-order valence-electron chi connectivity index (χ1n) is 11.5. The quantitative estimate of drug-likeness (QED) is 0.318. The Morgan fingerprint density at radius 2 is 1.03 bits per heavy atom. The van der Waals surface area contributed by atoms with Crippen molar-refractivity contribution in [2.75, 3.05) is 23.8 Å². The number of nitrogens with one attached hydrogen (secondary N) is 2. The standard InChI is InChI=1S/C26H24N6O6/c1-3-37-25(35)31-29-21-9-5-7-19(15-21)27-23(33)17-11-13-18(14-12-17)24(34)28-20-8-6-10-22(16-20)30-32-26(36)38-4-2/h5-16H,3-4H2,1-2H3,(H,27,33)(H,28,34). The van der Waals surface area contributed by atoms with Crippen molar-refractivity contribution in [1.29, 1.82) is 0 Å². The van der Waals surface area contributed by atoms with Gasteiger partial charge in [-0.25, -0.2) is 9.59 Å². The highest BCUT2D eigenvalue weighted by Gasteiger charge is 2.11. The second-order valence-corrected chi connectivity index (χ2v) is 7.38. The fraction of sp³-hybridized carbons (Fsp3) is 0.154. The molecule has 3 rings (SSSR count). The summed E-state index contributed by atoms with van der Waals surface area (Å²) in [5.41, 5.74) is 2.24. The Labute approximate surface area is 217 Å². The zero-order valence-corrected chi connectivity index (χ0v) is 20.6. The first-order chi connectivity index (χ1) is 18.4. The highest BCUT2D eigenvalue weighted by molar-refractivity contribution is 6.07.